The molecule has 0 aliphatic carbocycles. The summed E-state index contributed by atoms with van der Waals surface area (Å²) in [6.45, 7) is 10.3. The van der Waals surface area contributed by atoms with Crippen LogP contribution in [0, 0.1) is 0 Å². The fraction of sp³-hybridized carbons (Fsp3) is 0.533. The number of aromatic nitrogens is 3. The maximum atomic E-state index is 4.60. The van der Waals surface area contributed by atoms with E-state index in [1.54, 1.807) is 0 Å². The highest BCUT2D eigenvalue weighted by Gasteiger charge is 2.06. The van der Waals surface area contributed by atoms with E-state index in [-0.39, 0.29) is 0 Å². The molecule has 2 aromatic rings. The van der Waals surface area contributed by atoms with Crippen molar-refractivity contribution in [2.45, 2.75) is 52.9 Å². The molecule has 19 heavy (non-hydrogen) atoms. The first-order chi connectivity index (χ1) is 9.06. The number of hydrogen-bond acceptors (Lipinski definition) is 2. The van der Waals surface area contributed by atoms with E-state index in [0.29, 0.717) is 12.1 Å². The molecule has 0 radical (unpaired) electrons. The minimum Gasteiger partial charge on any atom is -0.344 e. The lowest BCUT2D eigenvalue weighted by Crippen LogP contribution is -2.23. The van der Waals surface area contributed by atoms with Gasteiger partial charge >= 0.3 is 0 Å². The van der Waals surface area contributed by atoms with Gasteiger partial charge in [0, 0.05) is 36.7 Å². The van der Waals surface area contributed by atoms with Gasteiger partial charge in [-0.2, -0.15) is 5.10 Å². The molecule has 104 valence electrons. The first-order valence-electron chi connectivity index (χ1n) is 6.97. The molecule has 0 amide bonds. The third-order valence-electron chi connectivity index (χ3n) is 3.14. The quantitative estimate of drug-likeness (QED) is 0.866. The molecule has 0 fully saturated rings. The van der Waals surface area contributed by atoms with E-state index in [2.05, 4.69) is 73.3 Å². The summed E-state index contributed by atoms with van der Waals surface area (Å²) in [5, 5.41) is 8.05. The lowest BCUT2D eigenvalue weighted by Gasteiger charge is -2.11. The standard InChI is InChI=1S/C15H24N4/c1-12(2)16-10-15-6-5-8-18(15)11-14-7-9-19(17-14)13(3)4/h5-9,12-13,16H,10-11H2,1-4H3. The van der Waals surface area contributed by atoms with Gasteiger partial charge in [-0.25, -0.2) is 0 Å². The highest BCUT2D eigenvalue weighted by molar-refractivity contribution is 5.10. The molecule has 1 N–H and O–H groups in total. The van der Waals surface area contributed by atoms with Gasteiger partial charge in [-0.1, -0.05) is 13.8 Å². The molecule has 2 aromatic heterocycles. The average molecular weight is 260 g/mol. The zero-order valence-electron chi connectivity index (χ0n) is 12.3. The highest BCUT2D eigenvalue weighted by Crippen LogP contribution is 2.09. The molecule has 2 heterocycles. The van der Waals surface area contributed by atoms with Crippen molar-refractivity contribution in [3.8, 4) is 0 Å². The van der Waals surface area contributed by atoms with E-state index in [1.807, 2.05) is 4.68 Å². The van der Waals surface area contributed by atoms with Crippen LogP contribution in [0.4, 0.5) is 0 Å². The van der Waals surface area contributed by atoms with Gasteiger partial charge in [-0.05, 0) is 32.0 Å². The Balaban J connectivity index is 2.04. The Morgan fingerprint density at radius 3 is 2.58 bits per heavy atom. The summed E-state index contributed by atoms with van der Waals surface area (Å²) in [7, 11) is 0. The molecule has 0 aliphatic rings. The third kappa shape index (κ3) is 3.70. The first kappa shape index (κ1) is 13.9. The molecular formula is C15H24N4. The van der Waals surface area contributed by atoms with Crippen molar-refractivity contribution in [2.24, 2.45) is 0 Å². The van der Waals surface area contributed by atoms with E-state index in [0.717, 1.165) is 18.8 Å². The Bertz CT molecular complexity index is 508. The largest absolute Gasteiger partial charge is 0.344 e. The van der Waals surface area contributed by atoms with Crippen molar-refractivity contribution in [1.29, 1.82) is 0 Å². The monoisotopic (exact) mass is 260 g/mol. The maximum absolute atomic E-state index is 4.60. The van der Waals surface area contributed by atoms with Crippen LogP contribution in [0.1, 0.15) is 45.1 Å². The summed E-state index contributed by atoms with van der Waals surface area (Å²) in [5.74, 6) is 0. The van der Waals surface area contributed by atoms with Gasteiger partial charge in [0.1, 0.15) is 0 Å². The fourth-order valence-corrected chi connectivity index (χ4v) is 2.00. The number of hydrogen-bond donors (Lipinski definition) is 1. The zero-order valence-corrected chi connectivity index (χ0v) is 12.3. The van der Waals surface area contributed by atoms with Crippen LogP contribution in [0.15, 0.2) is 30.6 Å². The third-order valence-corrected chi connectivity index (χ3v) is 3.14. The van der Waals surface area contributed by atoms with Crippen LogP contribution >= 0.6 is 0 Å². The zero-order chi connectivity index (χ0) is 13.8. The predicted octanol–water partition coefficient (Wildman–Crippen LogP) is 2.81. The lowest BCUT2D eigenvalue weighted by molar-refractivity contribution is 0.520. The van der Waals surface area contributed by atoms with Crippen LogP contribution in [-0.2, 0) is 13.1 Å². The maximum Gasteiger partial charge on any atom is 0.0821 e. The van der Waals surface area contributed by atoms with Crippen LogP contribution in [-0.4, -0.2) is 20.4 Å². The summed E-state index contributed by atoms with van der Waals surface area (Å²) >= 11 is 0. The SMILES string of the molecule is CC(C)NCc1cccn1Cc1ccn(C(C)C)n1. The molecule has 0 saturated carbocycles. The smallest absolute Gasteiger partial charge is 0.0821 e. The predicted molar refractivity (Wildman–Crippen MR) is 78.1 cm³/mol. The number of nitrogens with one attached hydrogen (secondary N) is 1. The van der Waals surface area contributed by atoms with Crippen molar-refractivity contribution in [3.63, 3.8) is 0 Å². The van der Waals surface area contributed by atoms with Crippen molar-refractivity contribution >= 4 is 0 Å². The van der Waals surface area contributed by atoms with Crippen molar-refractivity contribution in [1.82, 2.24) is 19.7 Å². The van der Waals surface area contributed by atoms with E-state index in [9.17, 15) is 0 Å². The molecule has 0 spiro atoms. The van der Waals surface area contributed by atoms with E-state index in [1.165, 1.54) is 5.69 Å². The van der Waals surface area contributed by atoms with Gasteiger partial charge in [0.25, 0.3) is 0 Å². The first-order valence-corrected chi connectivity index (χ1v) is 6.97. The van der Waals surface area contributed by atoms with E-state index in [4.69, 9.17) is 0 Å². The molecule has 0 aliphatic heterocycles. The summed E-state index contributed by atoms with van der Waals surface area (Å²) in [6.07, 6.45) is 4.17. The summed E-state index contributed by atoms with van der Waals surface area (Å²) in [6, 6.07) is 7.27. The molecule has 2 rings (SSSR count). The Morgan fingerprint density at radius 1 is 1.16 bits per heavy atom. The molecular weight excluding hydrogens is 236 g/mol. The molecule has 0 bridgehead atoms. The second kappa shape index (κ2) is 6.06. The number of nitrogens with zero attached hydrogens (tertiary/aromatic N) is 3. The van der Waals surface area contributed by atoms with E-state index >= 15 is 0 Å². The van der Waals surface area contributed by atoms with Crippen molar-refractivity contribution < 1.29 is 0 Å². The van der Waals surface area contributed by atoms with Gasteiger partial charge in [0.15, 0.2) is 0 Å². The Kier molecular flexibility index (Phi) is 4.43. The number of rotatable bonds is 6. The van der Waals surface area contributed by atoms with Crippen molar-refractivity contribution in [2.75, 3.05) is 0 Å². The average Bonchev–Trinajstić information content (AvgIpc) is 2.96. The van der Waals surface area contributed by atoms with Crippen molar-refractivity contribution in [3.05, 3.63) is 42.0 Å². The molecule has 4 nitrogen and oxygen atoms in total. The second-order valence-corrected chi connectivity index (χ2v) is 5.54. The van der Waals surface area contributed by atoms with Crippen LogP contribution in [0.3, 0.4) is 0 Å². The Morgan fingerprint density at radius 2 is 1.95 bits per heavy atom. The van der Waals surface area contributed by atoms with Crippen LogP contribution in [0.25, 0.3) is 0 Å². The molecule has 4 heteroatoms. The van der Waals surface area contributed by atoms with Crippen LogP contribution in [0.2, 0.25) is 0 Å². The topological polar surface area (TPSA) is 34.8 Å². The lowest BCUT2D eigenvalue weighted by atomic mass is 10.3. The Labute approximate surface area is 115 Å². The molecule has 0 atom stereocenters. The molecule has 0 saturated heterocycles. The van der Waals surface area contributed by atoms with Gasteiger partial charge in [-0.15, -0.1) is 0 Å². The summed E-state index contributed by atoms with van der Waals surface area (Å²) in [4.78, 5) is 0. The fourth-order valence-electron chi connectivity index (χ4n) is 2.00. The van der Waals surface area contributed by atoms with Gasteiger partial charge in [-0.3, -0.25) is 4.68 Å². The summed E-state index contributed by atoms with van der Waals surface area (Å²) in [5.41, 5.74) is 2.41. The minimum absolute atomic E-state index is 0.417. The van der Waals surface area contributed by atoms with Gasteiger partial charge in [0.05, 0.1) is 12.2 Å². The van der Waals surface area contributed by atoms with Crippen LogP contribution in [0.5, 0.6) is 0 Å². The van der Waals surface area contributed by atoms with Crippen LogP contribution < -0.4 is 5.32 Å². The summed E-state index contributed by atoms with van der Waals surface area (Å²) < 4.78 is 4.26. The second-order valence-electron chi connectivity index (χ2n) is 5.54. The Hall–Kier alpha value is -1.55. The highest BCUT2D eigenvalue weighted by atomic mass is 15.3. The van der Waals surface area contributed by atoms with E-state index < -0.39 is 0 Å². The minimum atomic E-state index is 0.417. The normalized spacial score (nSPS) is 11.7. The van der Waals surface area contributed by atoms with Gasteiger partial charge < -0.3 is 9.88 Å². The molecule has 0 unspecified atom stereocenters. The van der Waals surface area contributed by atoms with Gasteiger partial charge in [0.2, 0.25) is 0 Å². The molecule has 0 aromatic carbocycles.